The number of hydrogen-bond acceptors (Lipinski definition) is 2. The van der Waals surface area contributed by atoms with Gasteiger partial charge >= 0.3 is 6.18 Å². The molecule has 1 saturated carbocycles. The van der Waals surface area contributed by atoms with Gasteiger partial charge in [0.1, 0.15) is 5.75 Å². The molecule has 0 radical (unpaired) electrons. The summed E-state index contributed by atoms with van der Waals surface area (Å²) in [6.45, 7) is 0. The van der Waals surface area contributed by atoms with Crippen LogP contribution < -0.4 is 4.74 Å². The number of hydrogen-bond donors (Lipinski definition) is 1. The fraction of sp³-hybridized carbons (Fsp3) is 0.625. The Bertz CT molecular complexity index is 459. The standard InChI is InChI=1S/C16H21F3O2/c1-21-15-9-5-2-6-11(15)10-14(20)12-7-3-4-8-13(12)16(17,18)19/h2,5-6,9,12-14,20H,3-4,7-8,10H2,1H3. The van der Waals surface area contributed by atoms with Crippen LogP contribution >= 0.6 is 0 Å². The van der Waals surface area contributed by atoms with Crippen molar-refractivity contribution in [2.75, 3.05) is 7.11 Å². The maximum absolute atomic E-state index is 13.1. The summed E-state index contributed by atoms with van der Waals surface area (Å²) in [5, 5.41) is 10.3. The highest BCUT2D eigenvalue weighted by molar-refractivity contribution is 5.33. The normalized spacial score (nSPS) is 24.6. The molecule has 1 aromatic carbocycles. The predicted molar refractivity (Wildman–Crippen MR) is 74.2 cm³/mol. The van der Waals surface area contributed by atoms with Crippen LogP contribution in [-0.4, -0.2) is 24.5 Å². The average molecular weight is 302 g/mol. The van der Waals surface area contributed by atoms with Crippen molar-refractivity contribution in [1.29, 1.82) is 0 Å². The van der Waals surface area contributed by atoms with Crippen LogP contribution in [0.4, 0.5) is 13.2 Å². The molecule has 2 nitrogen and oxygen atoms in total. The summed E-state index contributed by atoms with van der Waals surface area (Å²) in [6.07, 6.45) is -3.14. The van der Waals surface area contributed by atoms with Gasteiger partial charge in [0.2, 0.25) is 0 Å². The van der Waals surface area contributed by atoms with E-state index in [0.29, 0.717) is 18.6 Å². The molecular weight excluding hydrogens is 281 g/mol. The molecule has 1 aromatic rings. The highest BCUT2D eigenvalue weighted by Gasteiger charge is 2.47. The van der Waals surface area contributed by atoms with Gasteiger partial charge in [-0.3, -0.25) is 0 Å². The number of alkyl halides is 3. The maximum Gasteiger partial charge on any atom is 0.392 e. The van der Waals surface area contributed by atoms with Crippen LogP contribution in [0.3, 0.4) is 0 Å². The van der Waals surface area contributed by atoms with Crippen LogP contribution in [0.25, 0.3) is 0 Å². The average Bonchev–Trinajstić information content (AvgIpc) is 2.47. The molecule has 0 heterocycles. The van der Waals surface area contributed by atoms with E-state index >= 15 is 0 Å². The molecule has 0 aromatic heterocycles. The molecule has 3 unspecified atom stereocenters. The zero-order valence-electron chi connectivity index (χ0n) is 12.1. The first-order chi connectivity index (χ1) is 9.93. The van der Waals surface area contributed by atoms with Crippen LogP contribution in [0.2, 0.25) is 0 Å². The monoisotopic (exact) mass is 302 g/mol. The van der Waals surface area contributed by atoms with E-state index in [4.69, 9.17) is 4.74 Å². The first-order valence-corrected chi connectivity index (χ1v) is 7.30. The molecule has 0 bridgehead atoms. The van der Waals surface area contributed by atoms with Crippen molar-refractivity contribution in [3.63, 3.8) is 0 Å². The number of para-hydroxylation sites is 1. The lowest BCUT2D eigenvalue weighted by Gasteiger charge is -2.36. The zero-order chi connectivity index (χ0) is 15.5. The summed E-state index contributed by atoms with van der Waals surface area (Å²) in [6, 6.07) is 7.14. The van der Waals surface area contributed by atoms with Crippen LogP contribution in [0.1, 0.15) is 31.2 Å². The number of methoxy groups -OCH3 is 1. The Morgan fingerprint density at radius 1 is 1.24 bits per heavy atom. The molecule has 1 fully saturated rings. The number of ether oxygens (including phenoxy) is 1. The zero-order valence-corrected chi connectivity index (χ0v) is 12.1. The molecule has 2 rings (SSSR count). The SMILES string of the molecule is COc1ccccc1CC(O)C1CCCCC1C(F)(F)F. The van der Waals surface area contributed by atoms with Crippen molar-refractivity contribution in [3.05, 3.63) is 29.8 Å². The van der Waals surface area contributed by atoms with Crippen molar-refractivity contribution in [2.24, 2.45) is 11.8 Å². The number of aliphatic hydroxyl groups excluding tert-OH is 1. The predicted octanol–water partition coefficient (Wildman–Crippen LogP) is 3.97. The molecule has 1 aliphatic carbocycles. The minimum absolute atomic E-state index is 0.122. The second-order valence-corrected chi connectivity index (χ2v) is 5.68. The summed E-state index contributed by atoms with van der Waals surface area (Å²) < 4.78 is 44.5. The van der Waals surface area contributed by atoms with E-state index in [2.05, 4.69) is 0 Å². The lowest BCUT2D eigenvalue weighted by atomic mass is 9.74. The van der Waals surface area contributed by atoms with E-state index in [1.165, 1.54) is 7.11 Å². The Morgan fingerprint density at radius 2 is 1.90 bits per heavy atom. The number of aliphatic hydroxyl groups is 1. The smallest absolute Gasteiger partial charge is 0.392 e. The summed E-state index contributed by atoms with van der Waals surface area (Å²) in [4.78, 5) is 0. The van der Waals surface area contributed by atoms with E-state index in [-0.39, 0.29) is 12.8 Å². The van der Waals surface area contributed by atoms with Crippen LogP contribution in [0.15, 0.2) is 24.3 Å². The molecule has 0 amide bonds. The van der Waals surface area contributed by atoms with E-state index in [1.54, 1.807) is 24.3 Å². The molecule has 0 aliphatic heterocycles. The number of rotatable bonds is 4. The van der Waals surface area contributed by atoms with E-state index in [9.17, 15) is 18.3 Å². The Balaban J connectivity index is 2.12. The van der Waals surface area contributed by atoms with Gasteiger partial charge in [-0.25, -0.2) is 0 Å². The number of benzene rings is 1. The quantitative estimate of drug-likeness (QED) is 0.912. The molecule has 3 atom stereocenters. The van der Waals surface area contributed by atoms with Crippen molar-refractivity contribution in [3.8, 4) is 5.75 Å². The maximum atomic E-state index is 13.1. The highest BCUT2D eigenvalue weighted by Crippen LogP contribution is 2.43. The molecule has 118 valence electrons. The minimum Gasteiger partial charge on any atom is -0.496 e. The van der Waals surface area contributed by atoms with Gasteiger partial charge < -0.3 is 9.84 Å². The summed E-state index contributed by atoms with van der Waals surface area (Å²) >= 11 is 0. The third-order valence-corrected chi connectivity index (χ3v) is 4.36. The van der Waals surface area contributed by atoms with Crippen molar-refractivity contribution in [2.45, 2.75) is 44.4 Å². The largest absolute Gasteiger partial charge is 0.496 e. The van der Waals surface area contributed by atoms with Crippen molar-refractivity contribution >= 4 is 0 Å². The Labute approximate surface area is 122 Å². The van der Waals surface area contributed by atoms with Crippen LogP contribution in [0, 0.1) is 11.8 Å². The third kappa shape index (κ3) is 3.90. The topological polar surface area (TPSA) is 29.5 Å². The second-order valence-electron chi connectivity index (χ2n) is 5.68. The minimum atomic E-state index is -4.23. The fourth-order valence-electron chi connectivity index (χ4n) is 3.27. The molecule has 5 heteroatoms. The highest BCUT2D eigenvalue weighted by atomic mass is 19.4. The number of halogens is 3. The molecule has 1 N–H and O–H groups in total. The Hall–Kier alpha value is -1.23. The van der Waals surface area contributed by atoms with Gasteiger partial charge in [-0.15, -0.1) is 0 Å². The fourth-order valence-corrected chi connectivity index (χ4v) is 3.27. The van der Waals surface area contributed by atoms with Gasteiger partial charge in [0.25, 0.3) is 0 Å². The van der Waals surface area contributed by atoms with E-state index in [0.717, 1.165) is 12.0 Å². The van der Waals surface area contributed by atoms with Gasteiger partial charge in [-0.2, -0.15) is 13.2 Å². The second kappa shape index (κ2) is 6.69. The lowest BCUT2D eigenvalue weighted by molar-refractivity contribution is -0.206. The van der Waals surface area contributed by atoms with Gasteiger partial charge in [0.05, 0.1) is 19.1 Å². The van der Waals surface area contributed by atoms with Crippen LogP contribution in [0.5, 0.6) is 5.75 Å². The molecule has 0 saturated heterocycles. The summed E-state index contributed by atoms with van der Waals surface area (Å²) in [7, 11) is 1.52. The lowest BCUT2D eigenvalue weighted by Crippen LogP contribution is -2.40. The summed E-state index contributed by atoms with van der Waals surface area (Å²) in [5.74, 6) is -1.50. The summed E-state index contributed by atoms with van der Waals surface area (Å²) in [5.41, 5.74) is 0.749. The third-order valence-electron chi connectivity index (χ3n) is 4.36. The van der Waals surface area contributed by atoms with Crippen molar-refractivity contribution < 1.29 is 23.0 Å². The van der Waals surface area contributed by atoms with E-state index in [1.807, 2.05) is 0 Å². The Morgan fingerprint density at radius 3 is 2.57 bits per heavy atom. The van der Waals surface area contributed by atoms with Gasteiger partial charge in [-0.05, 0) is 30.4 Å². The molecular formula is C16H21F3O2. The Kier molecular flexibility index (Phi) is 5.14. The van der Waals surface area contributed by atoms with Crippen LogP contribution in [-0.2, 0) is 6.42 Å². The first kappa shape index (κ1) is 16.1. The van der Waals surface area contributed by atoms with Crippen molar-refractivity contribution in [1.82, 2.24) is 0 Å². The molecule has 0 spiro atoms. The van der Waals surface area contributed by atoms with E-state index < -0.39 is 24.1 Å². The van der Waals surface area contributed by atoms with Gasteiger partial charge in [0, 0.05) is 6.42 Å². The molecule has 21 heavy (non-hydrogen) atoms. The van der Waals surface area contributed by atoms with Gasteiger partial charge in [0.15, 0.2) is 0 Å². The molecule has 1 aliphatic rings. The van der Waals surface area contributed by atoms with Gasteiger partial charge in [-0.1, -0.05) is 31.0 Å². The first-order valence-electron chi connectivity index (χ1n) is 7.30.